The van der Waals surface area contributed by atoms with Gasteiger partial charge in [-0.15, -0.1) is 24.8 Å². The summed E-state index contributed by atoms with van der Waals surface area (Å²) < 4.78 is 5.27. The van der Waals surface area contributed by atoms with Crippen LogP contribution >= 0.6 is 36.4 Å². The zero-order valence-corrected chi connectivity index (χ0v) is 16.1. The Morgan fingerprint density at radius 2 is 2.04 bits per heavy atom. The van der Waals surface area contributed by atoms with E-state index in [-0.39, 0.29) is 30.7 Å². The number of ether oxygens (including phenoxy) is 1. The van der Waals surface area contributed by atoms with Gasteiger partial charge in [0.1, 0.15) is 5.75 Å². The van der Waals surface area contributed by atoms with Crippen molar-refractivity contribution in [2.24, 2.45) is 0 Å². The van der Waals surface area contributed by atoms with E-state index >= 15 is 0 Å². The van der Waals surface area contributed by atoms with E-state index in [1.807, 2.05) is 11.0 Å². The van der Waals surface area contributed by atoms with E-state index in [1.54, 1.807) is 18.3 Å². The number of nitrogens with two attached hydrogens (primary N) is 1. The van der Waals surface area contributed by atoms with Crippen molar-refractivity contribution in [2.75, 3.05) is 25.9 Å². The van der Waals surface area contributed by atoms with Gasteiger partial charge in [-0.3, -0.25) is 9.89 Å². The Hall–Kier alpha value is -1.63. The molecular weight excluding hydrogens is 387 g/mol. The molecule has 0 spiro atoms. The number of carbonyl (C=O) groups excluding carboxylic acids is 1. The summed E-state index contributed by atoms with van der Waals surface area (Å²) in [6.07, 6.45) is 3.56. The summed E-state index contributed by atoms with van der Waals surface area (Å²) in [5, 5.41) is 7.36. The summed E-state index contributed by atoms with van der Waals surface area (Å²) in [7, 11) is 1.52. The summed E-state index contributed by atoms with van der Waals surface area (Å²) >= 11 is 6.05. The minimum absolute atomic E-state index is 0. The number of methoxy groups -OCH3 is 1. The third kappa shape index (κ3) is 4.51. The molecule has 9 heteroatoms. The Balaban J connectivity index is 0.00000156. The average molecular weight is 408 g/mol. The number of halogens is 3. The summed E-state index contributed by atoms with van der Waals surface area (Å²) in [4.78, 5) is 14.6. The molecule has 0 radical (unpaired) electrons. The SMILES string of the molecule is COc1cc(N)c(Cl)cc1C(=O)N1CCC(c2ccn[nH]2)CC1.Cl.Cl. The first-order valence-corrected chi connectivity index (χ1v) is 7.89. The Labute approximate surface area is 163 Å². The fraction of sp³-hybridized carbons (Fsp3) is 0.375. The molecule has 1 saturated heterocycles. The highest BCUT2D eigenvalue weighted by atomic mass is 35.5. The summed E-state index contributed by atoms with van der Waals surface area (Å²) in [6, 6.07) is 5.16. The lowest BCUT2D eigenvalue weighted by Gasteiger charge is -2.32. The standard InChI is InChI=1S/C16H19ClN4O2.2ClH/c1-23-15-9-13(18)12(17)8-11(15)16(22)21-6-3-10(4-7-21)14-2-5-19-20-14;;/h2,5,8-10H,3-4,6-7,18H2,1H3,(H,19,20);2*1H. The van der Waals surface area contributed by atoms with E-state index in [2.05, 4.69) is 10.2 Å². The van der Waals surface area contributed by atoms with Crippen molar-refractivity contribution in [3.05, 3.63) is 40.7 Å². The number of likely N-dealkylation sites (tertiary alicyclic amines) is 1. The van der Waals surface area contributed by atoms with Crippen molar-refractivity contribution in [3.8, 4) is 5.75 Å². The largest absolute Gasteiger partial charge is 0.496 e. The number of carbonyl (C=O) groups is 1. The Kier molecular flexibility index (Phi) is 7.86. The van der Waals surface area contributed by atoms with Crippen LogP contribution in [-0.4, -0.2) is 41.2 Å². The second-order valence-electron chi connectivity index (χ2n) is 5.65. The van der Waals surface area contributed by atoms with E-state index in [0.717, 1.165) is 18.5 Å². The molecule has 0 bridgehead atoms. The molecule has 0 aliphatic carbocycles. The molecule has 3 N–H and O–H groups in total. The molecule has 0 saturated carbocycles. The third-order valence-electron chi connectivity index (χ3n) is 4.29. The van der Waals surface area contributed by atoms with Crippen LogP contribution in [0.5, 0.6) is 5.75 Å². The lowest BCUT2D eigenvalue weighted by molar-refractivity contribution is 0.0709. The van der Waals surface area contributed by atoms with Gasteiger partial charge in [-0.2, -0.15) is 5.10 Å². The number of nitrogens with zero attached hydrogens (tertiary/aromatic N) is 2. The normalized spacial score (nSPS) is 14.4. The number of H-pyrrole nitrogens is 1. The van der Waals surface area contributed by atoms with Gasteiger partial charge in [0.25, 0.3) is 5.91 Å². The molecule has 1 aromatic carbocycles. The van der Waals surface area contributed by atoms with E-state index in [0.29, 0.717) is 41.0 Å². The number of aromatic amines is 1. The van der Waals surface area contributed by atoms with Crippen LogP contribution in [0, 0.1) is 0 Å². The molecule has 3 rings (SSSR count). The number of aromatic nitrogens is 2. The van der Waals surface area contributed by atoms with Crippen molar-refractivity contribution in [1.29, 1.82) is 0 Å². The molecular formula is C16H21Cl3N4O2. The van der Waals surface area contributed by atoms with Crippen LogP contribution in [-0.2, 0) is 0 Å². The zero-order chi connectivity index (χ0) is 16.4. The minimum Gasteiger partial charge on any atom is -0.496 e. The van der Waals surface area contributed by atoms with Crippen molar-refractivity contribution in [1.82, 2.24) is 15.1 Å². The molecule has 25 heavy (non-hydrogen) atoms. The molecule has 1 amide bonds. The smallest absolute Gasteiger partial charge is 0.257 e. The number of amides is 1. The van der Waals surface area contributed by atoms with Crippen LogP contribution in [0.15, 0.2) is 24.4 Å². The van der Waals surface area contributed by atoms with Gasteiger partial charge in [0.05, 0.1) is 23.4 Å². The first-order chi connectivity index (χ1) is 11.1. The number of piperidine rings is 1. The molecule has 2 aromatic rings. The van der Waals surface area contributed by atoms with Gasteiger partial charge < -0.3 is 15.4 Å². The number of benzene rings is 1. The molecule has 2 heterocycles. The molecule has 1 fully saturated rings. The molecule has 1 aliphatic rings. The summed E-state index contributed by atoms with van der Waals surface area (Å²) in [6.45, 7) is 1.38. The zero-order valence-electron chi connectivity index (χ0n) is 13.7. The van der Waals surface area contributed by atoms with E-state index in [9.17, 15) is 4.79 Å². The van der Waals surface area contributed by atoms with Gasteiger partial charge >= 0.3 is 0 Å². The second kappa shape index (κ2) is 9.17. The molecule has 1 aliphatic heterocycles. The van der Waals surface area contributed by atoms with Crippen LogP contribution in [0.3, 0.4) is 0 Å². The average Bonchev–Trinajstić information content (AvgIpc) is 3.11. The number of hydrogen-bond donors (Lipinski definition) is 2. The van der Waals surface area contributed by atoms with E-state index in [1.165, 1.54) is 7.11 Å². The summed E-state index contributed by atoms with van der Waals surface area (Å²) in [5.74, 6) is 0.790. The van der Waals surface area contributed by atoms with Gasteiger partial charge in [0.2, 0.25) is 0 Å². The highest BCUT2D eigenvalue weighted by Gasteiger charge is 2.27. The number of rotatable bonds is 3. The molecule has 6 nitrogen and oxygen atoms in total. The van der Waals surface area contributed by atoms with Crippen LogP contribution in [0.2, 0.25) is 5.02 Å². The van der Waals surface area contributed by atoms with Crippen molar-refractivity contribution in [3.63, 3.8) is 0 Å². The first kappa shape index (κ1) is 21.4. The third-order valence-corrected chi connectivity index (χ3v) is 4.62. The number of nitrogen functional groups attached to an aromatic ring is 1. The lowest BCUT2D eigenvalue weighted by atomic mass is 9.93. The Morgan fingerprint density at radius 1 is 1.36 bits per heavy atom. The van der Waals surface area contributed by atoms with Gasteiger partial charge in [-0.05, 0) is 25.0 Å². The highest BCUT2D eigenvalue weighted by molar-refractivity contribution is 6.33. The van der Waals surface area contributed by atoms with Gasteiger partial charge in [0.15, 0.2) is 0 Å². The summed E-state index contributed by atoms with van der Waals surface area (Å²) in [5.41, 5.74) is 7.75. The van der Waals surface area contributed by atoms with E-state index < -0.39 is 0 Å². The maximum absolute atomic E-state index is 12.8. The minimum atomic E-state index is -0.0770. The van der Waals surface area contributed by atoms with Crippen LogP contribution in [0.4, 0.5) is 5.69 Å². The van der Waals surface area contributed by atoms with E-state index in [4.69, 9.17) is 22.1 Å². The molecule has 0 unspecified atom stereocenters. The predicted octanol–water partition coefficient (Wildman–Crippen LogP) is 3.52. The molecule has 138 valence electrons. The predicted molar refractivity (Wildman–Crippen MR) is 103 cm³/mol. The lowest BCUT2D eigenvalue weighted by Crippen LogP contribution is -2.38. The fourth-order valence-corrected chi connectivity index (χ4v) is 3.13. The van der Waals surface area contributed by atoms with Gasteiger partial charge in [0, 0.05) is 37.0 Å². The molecule has 0 atom stereocenters. The fourth-order valence-electron chi connectivity index (χ4n) is 2.96. The van der Waals surface area contributed by atoms with Gasteiger partial charge in [-0.25, -0.2) is 0 Å². The van der Waals surface area contributed by atoms with Crippen LogP contribution in [0.1, 0.15) is 34.8 Å². The second-order valence-corrected chi connectivity index (χ2v) is 6.06. The topological polar surface area (TPSA) is 84.2 Å². The Bertz CT molecular complexity index is 702. The quantitative estimate of drug-likeness (QED) is 0.762. The maximum atomic E-state index is 12.8. The highest BCUT2D eigenvalue weighted by Crippen LogP contribution is 2.32. The number of anilines is 1. The number of hydrogen-bond acceptors (Lipinski definition) is 4. The van der Waals surface area contributed by atoms with Crippen LogP contribution < -0.4 is 10.5 Å². The van der Waals surface area contributed by atoms with Crippen molar-refractivity contribution >= 4 is 48.0 Å². The molecule has 1 aromatic heterocycles. The van der Waals surface area contributed by atoms with Gasteiger partial charge in [-0.1, -0.05) is 11.6 Å². The number of nitrogens with one attached hydrogen (secondary N) is 1. The monoisotopic (exact) mass is 406 g/mol. The Morgan fingerprint density at radius 3 is 2.60 bits per heavy atom. The van der Waals surface area contributed by atoms with Crippen molar-refractivity contribution in [2.45, 2.75) is 18.8 Å². The first-order valence-electron chi connectivity index (χ1n) is 7.51. The maximum Gasteiger partial charge on any atom is 0.257 e. The van der Waals surface area contributed by atoms with Crippen molar-refractivity contribution < 1.29 is 9.53 Å². The van der Waals surface area contributed by atoms with Crippen LogP contribution in [0.25, 0.3) is 0 Å².